The Morgan fingerprint density at radius 2 is 2.20 bits per heavy atom. The van der Waals surface area contributed by atoms with Gasteiger partial charge in [-0.3, -0.25) is 4.98 Å². The second-order valence-electron chi connectivity index (χ2n) is 2.95. The van der Waals surface area contributed by atoms with Crippen molar-refractivity contribution in [2.75, 3.05) is 13.7 Å². The average molecular weight is 211 g/mol. The van der Waals surface area contributed by atoms with Gasteiger partial charge in [0.1, 0.15) is 0 Å². The van der Waals surface area contributed by atoms with Gasteiger partial charge in [0.25, 0.3) is 0 Å². The third-order valence-corrected chi connectivity index (χ3v) is 1.79. The van der Waals surface area contributed by atoms with E-state index in [1.165, 1.54) is 7.11 Å². The van der Waals surface area contributed by atoms with Gasteiger partial charge in [0, 0.05) is 19.5 Å². The van der Waals surface area contributed by atoms with Gasteiger partial charge < -0.3 is 14.6 Å². The Morgan fingerprint density at radius 3 is 2.73 bits per heavy atom. The molecule has 0 aliphatic rings. The molecule has 0 saturated carbocycles. The monoisotopic (exact) mass is 211 g/mol. The van der Waals surface area contributed by atoms with Crippen LogP contribution >= 0.6 is 0 Å². The zero-order chi connectivity index (χ0) is 11.1. The lowest BCUT2D eigenvalue weighted by molar-refractivity contribution is -0.154. The molecule has 1 heterocycles. The maximum absolute atomic E-state index is 10.7. The Balaban J connectivity index is 2.43. The second-order valence-corrected chi connectivity index (χ2v) is 2.95. The van der Waals surface area contributed by atoms with Crippen LogP contribution in [-0.4, -0.2) is 35.9 Å². The van der Waals surface area contributed by atoms with Crippen LogP contribution in [0, 0.1) is 0 Å². The fraction of sp³-hybridized carbons (Fsp3) is 0.400. The first-order valence-electron chi connectivity index (χ1n) is 4.46. The van der Waals surface area contributed by atoms with Crippen LogP contribution in [0.4, 0.5) is 0 Å². The van der Waals surface area contributed by atoms with E-state index < -0.39 is 12.1 Å². The normalized spacial score (nSPS) is 12.3. The molecule has 1 aromatic heterocycles. The molecule has 1 unspecified atom stereocenters. The van der Waals surface area contributed by atoms with Crippen molar-refractivity contribution in [2.45, 2.75) is 12.7 Å². The Labute approximate surface area is 87.7 Å². The summed E-state index contributed by atoms with van der Waals surface area (Å²) in [6.07, 6.45) is 2.33. The maximum Gasteiger partial charge on any atom is 0.335 e. The number of pyridine rings is 1. The van der Waals surface area contributed by atoms with Crippen LogP contribution < -0.4 is 0 Å². The summed E-state index contributed by atoms with van der Waals surface area (Å²) in [6.45, 7) is 0.281. The molecule has 0 saturated heterocycles. The number of carbonyl (C=O) groups is 1. The van der Waals surface area contributed by atoms with Gasteiger partial charge in [-0.05, 0) is 17.7 Å². The minimum absolute atomic E-state index is 0.0421. The zero-order valence-electron chi connectivity index (χ0n) is 8.42. The number of aromatic nitrogens is 1. The van der Waals surface area contributed by atoms with Crippen LogP contribution in [0.3, 0.4) is 0 Å². The highest BCUT2D eigenvalue weighted by Crippen LogP contribution is 2.02. The third-order valence-electron chi connectivity index (χ3n) is 1.79. The number of nitrogens with zero attached hydrogens (tertiary/aromatic N) is 1. The lowest BCUT2D eigenvalue weighted by atomic mass is 10.3. The lowest BCUT2D eigenvalue weighted by Gasteiger charge is -2.12. The molecule has 82 valence electrons. The maximum atomic E-state index is 10.7. The topological polar surface area (TPSA) is 68.7 Å². The van der Waals surface area contributed by atoms with Gasteiger partial charge in [0.05, 0.1) is 13.2 Å². The van der Waals surface area contributed by atoms with E-state index in [9.17, 15) is 4.79 Å². The fourth-order valence-corrected chi connectivity index (χ4v) is 1.02. The molecule has 0 radical (unpaired) electrons. The van der Waals surface area contributed by atoms with E-state index in [4.69, 9.17) is 14.6 Å². The fourth-order valence-electron chi connectivity index (χ4n) is 1.02. The Bertz CT molecular complexity index is 302. The average Bonchev–Trinajstić information content (AvgIpc) is 2.25. The van der Waals surface area contributed by atoms with Gasteiger partial charge >= 0.3 is 5.97 Å². The number of carboxylic acids is 1. The van der Waals surface area contributed by atoms with Gasteiger partial charge in [-0.1, -0.05) is 0 Å². The van der Waals surface area contributed by atoms with E-state index in [1.807, 2.05) is 0 Å². The molecule has 1 aromatic rings. The number of rotatable bonds is 6. The largest absolute Gasteiger partial charge is 0.479 e. The van der Waals surface area contributed by atoms with E-state index in [1.54, 1.807) is 24.5 Å². The molecule has 5 heteroatoms. The number of aliphatic carboxylic acids is 1. The van der Waals surface area contributed by atoms with E-state index in [-0.39, 0.29) is 13.2 Å². The Kier molecular flexibility index (Phi) is 4.73. The van der Waals surface area contributed by atoms with Crippen molar-refractivity contribution >= 4 is 5.97 Å². The standard InChI is InChI=1S/C10H13NO4/c1-14-7-9(10(12)13)15-6-8-2-4-11-5-3-8/h2-5,9H,6-7H2,1H3,(H,12,13). The second kappa shape index (κ2) is 6.10. The number of methoxy groups -OCH3 is 1. The minimum atomic E-state index is -1.02. The molecular formula is C10H13NO4. The van der Waals surface area contributed by atoms with Gasteiger partial charge in [-0.2, -0.15) is 0 Å². The van der Waals surface area contributed by atoms with Crippen LogP contribution in [0.25, 0.3) is 0 Å². The predicted molar refractivity (Wildman–Crippen MR) is 52.3 cm³/mol. The number of carboxylic acid groups (broad SMARTS) is 1. The van der Waals surface area contributed by atoms with E-state index >= 15 is 0 Å². The first-order valence-corrected chi connectivity index (χ1v) is 4.46. The Hall–Kier alpha value is -1.46. The molecule has 0 fully saturated rings. The van der Waals surface area contributed by atoms with Crippen molar-refractivity contribution in [3.05, 3.63) is 30.1 Å². The van der Waals surface area contributed by atoms with Crippen LogP contribution in [0.2, 0.25) is 0 Å². The quantitative estimate of drug-likeness (QED) is 0.750. The SMILES string of the molecule is COCC(OCc1ccncc1)C(=O)O. The number of ether oxygens (including phenoxy) is 2. The van der Waals surface area contributed by atoms with Gasteiger partial charge in [0.15, 0.2) is 6.10 Å². The van der Waals surface area contributed by atoms with Crippen molar-refractivity contribution in [3.63, 3.8) is 0 Å². The molecular weight excluding hydrogens is 198 g/mol. The molecule has 0 aliphatic carbocycles. The summed E-state index contributed by atoms with van der Waals surface area (Å²) in [4.78, 5) is 14.5. The highest BCUT2D eigenvalue weighted by Gasteiger charge is 2.17. The summed E-state index contributed by atoms with van der Waals surface area (Å²) < 4.78 is 9.91. The van der Waals surface area contributed by atoms with Crippen LogP contribution in [0.15, 0.2) is 24.5 Å². The molecule has 5 nitrogen and oxygen atoms in total. The molecule has 15 heavy (non-hydrogen) atoms. The molecule has 0 aromatic carbocycles. The summed E-state index contributed by atoms with van der Waals surface area (Å²) in [7, 11) is 1.44. The summed E-state index contributed by atoms with van der Waals surface area (Å²) in [6, 6.07) is 3.54. The number of hydrogen-bond acceptors (Lipinski definition) is 4. The first kappa shape index (κ1) is 11.6. The smallest absolute Gasteiger partial charge is 0.335 e. The van der Waals surface area contributed by atoms with Crippen molar-refractivity contribution in [1.82, 2.24) is 4.98 Å². The van der Waals surface area contributed by atoms with Crippen LogP contribution in [0.1, 0.15) is 5.56 Å². The molecule has 0 bridgehead atoms. The molecule has 1 rings (SSSR count). The summed E-state index contributed by atoms with van der Waals surface area (Å²) in [5.74, 6) is -1.02. The van der Waals surface area contributed by atoms with E-state index in [0.29, 0.717) is 0 Å². The van der Waals surface area contributed by atoms with Gasteiger partial charge in [-0.25, -0.2) is 4.79 Å². The van der Waals surface area contributed by atoms with Crippen molar-refractivity contribution in [1.29, 1.82) is 0 Å². The lowest BCUT2D eigenvalue weighted by Crippen LogP contribution is -2.28. The molecule has 0 aliphatic heterocycles. The zero-order valence-corrected chi connectivity index (χ0v) is 8.42. The van der Waals surface area contributed by atoms with Crippen LogP contribution in [0.5, 0.6) is 0 Å². The summed E-state index contributed by atoms with van der Waals surface area (Å²) in [5.41, 5.74) is 0.882. The van der Waals surface area contributed by atoms with Gasteiger partial charge in [0.2, 0.25) is 0 Å². The van der Waals surface area contributed by atoms with Crippen molar-refractivity contribution in [3.8, 4) is 0 Å². The summed E-state index contributed by atoms with van der Waals surface area (Å²) >= 11 is 0. The van der Waals surface area contributed by atoms with E-state index in [0.717, 1.165) is 5.56 Å². The predicted octanol–water partition coefficient (Wildman–Crippen LogP) is 0.698. The van der Waals surface area contributed by atoms with Crippen molar-refractivity contribution < 1.29 is 19.4 Å². The van der Waals surface area contributed by atoms with Gasteiger partial charge in [-0.15, -0.1) is 0 Å². The third kappa shape index (κ3) is 4.05. The summed E-state index contributed by atoms with van der Waals surface area (Å²) in [5, 5.41) is 8.77. The molecule has 1 atom stereocenters. The molecule has 0 spiro atoms. The minimum Gasteiger partial charge on any atom is -0.479 e. The Morgan fingerprint density at radius 1 is 1.53 bits per heavy atom. The highest BCUT2D eigenvalue weighted by atomic mass is 16.5. The molecule has 1 N–H and O–H groups in total. The molecule has 0 amide bonds. The highest BCUT2D eigenvalue weighted by molar-refractivity contribution is 5.72. The van der Waals surface area contributed by atoms with E-state index in [2.05, 4.69) is 4.98 Å². The van der Waals surface area contributed by atoms with Crippen LogP contribution in [-0.2, 0) is 20.9 Å². The van der Waals surface area contributed by atoms with Crippen molar-refractivity contribution in [2.24, 2.45) is 0 Å². The number of hydrogen-bond donors (Lipinski definition) is 1. The first-order chi connectivity index (χ1) is 7.24.